The molecule has 41 heavy (non-hydrogen) atoms. The van der Waals surface area contributed by atoms with Crippen molar-refractivity contribution in [3.63, 3.8) is 0 Å². The van der Waals surface area contributed by atoms with Crippen LogP contribution in [0.1, 0.15) is 63.7 Å². The summed E-state index contributed by atoms with van der Waals surface area (Å²) in [5.74, 6) is -1.13. The smallest absolute Gasteiger partial charge is 0.274 e. The van der Waals surface area contributed by atoms with Crippen LogP contribution in [0, 0.1) is 11.8 Å². The van der Waals surface area contributed by atoms with Gasteiger partial charge in [0, 0.05) is 26.3 Å². The van der Waals surface area contributed by atoms with Gasteiger partial charge in [-0.15, -0.1) is 0 Å². The van der Waals surface area contributed by atoms with Gasteiger partial charge in [0.25, 0.3) is 5.91 Å². The Morgan fingerprint density at radius 3 is 2.15 bits per heavy atom. The summed E-state index contributed by atoms with van der Waals surface area (Å²) in [5, 5.41) is 12.1. The molecular formula is C28H45N5O8. The second kappa shape index (κ2) is 14.9. The van der Waals surface area contributed by atoms with E-state index in [2.05, 4.69) is 26.0 Å². The number of hydrogen-bond donors (Lipinski definition) is 3. The molecule has 2 aliphatic rings. The number of aromatic nitrogens is 1. The summed E-state index contributed by atoms with van der Waals surface area (Å²) < 4.78 is 21.2. The molecule has 3 amide bonds. The standard InChI is InChI=1S/C28H45N5O8/c1-17(2)11-20(24(34)28(5)16-40-28)29-27(37)23(15-38-6)31-25(35)21(12-18(3)4)30-26(36)22-13-19(41-32-22)14-33-7-9-39-10-8-33/h13,17-18,20-21,23H,7-12,14-16H2,1-6H3,(H,29,37)(H,30,36)(H,31,35)/t20?,21?,23-,28?/m0/s1. The minimum atomic E-state index is -1.08. The van der Waals surface area contributed by atoms with Gasteiger partial charge in [0.05, 0.1) is 39.0 Å². The maximum atomic E-state index is 13.4. The van der Waals surface area contributed by atoms with Crippen LogP contribution in [0.5, 0.6) is 0 Å². The lowest BCUT2D eigenvalue weighted by atomic mass is 9.93. The Bertz CT molecular complexity index is 1050. The molecule has 3 rings (SSSR count). The molecule has 0 aromatic carbocycles. The van der Waals surface area contributed by atoms with Crippen LogP contribution in [0.25, 0.3) is 0 Å². The van der Waals surface area contributed by atoms with Crippen molar-refractivity contribution in [1.82, 2.24) is 26.0 Å². The number of carbonyl (C=O) groups excluding carboxylic acids is 4. The number of hydrogen-bond acceptors (Lipinski definition) is 10. The number of nitrogens with zero attached hydrogens (tertiary/aromatic N) is 2. The van der Waals surface area contributed by atoms with E-state index < -0.39 is 41.4 Å². The van der Waals surface area contributed by atoms with E-state index in [1.807, 2.05) is 27.7 Å². The van der Waals surface area contributed by atoms with Gasteiger partial charge in [-0.2, -0.15) is 0 Å². The fourth-order valence-electron chi connectivity index (χ4n) is 4.63. The first-order valence-electron chi connectivity index (χ1n) is 14.3. The molecule has 3 N–H and O–H groups in total. The highest BCUT2D eigenvalue weighted by molar-refractivity contribution is 5.99. The largest absolute Gasteiger partial charge is 0.382 e. The van der Waals surface area contributed by atoms with Crippen molar-refractivity contribution in [2.75, 3.05) is 46.6 Å². The average Bonchev–Trinajstić information content (AvgIpc) is 3.49. The van der Waals surface area contributed by atoms with Crippen molar-refractivity contribution in [1.29, 1.82) is 0 Å². The number of epoxide rings is 1. The van der Waals surface area contributed by atoms with E-state index in [9.17, 15) is 19.2 Å². The van der Waals surface area contributed by atoms with Gasteiger partial charge < -0.3 is 34.7 Å². The monoisotopic (exact) mass is 579 g/mol. The molecule has 0 bridgehead atoms. The highest BCUT2D eigenvalue weighted by Gasteiger charge is 2.50. The summed E-state index contributed by atoms with van der Waals surface area (Å²) in [7, 11) is 1.41. The lowest BCUT2D eigenvalue weighted by Gasteiger charge is -2.26. The van der Waals surface area contributed by atoms with Crippen LogP contribution < -0.4 is 16.0 Å². The molecule has 13 nitrogen and oxygen atoms in total. The highest BCUT2D eigenvalue weighted by atomic mass is 16.6. The van der Waals surface area contributed by atoms with Crippen LogP contribution in [-0.4, -0.2) is 104 Å². The molecule has 3 unspecified atom stereocenters. The van der Waals surface area contributed by atoms with Gasteiger partial charge in [-0.05, 0) is 31.6 Å². The zero-order chi connectivity index (χ0) is 30.2. The van der Waals surface area contributed by atoms with Crippen LogP contribution in [0.2, 0.25) is 0 Å². The third kappa shape index (κ3) is 9.87. The minimum absolute atomic E-state index is 0.0577. The number of rotatable bonds is 16. The van der Waals surface area contributed by atoms with Crippen molar-refractivity contribution < 1.29 is 37.9 Å². The van der Waals surface area contributed by atoms with Crippen molar-refractivity contribution in [3.05, 3.63) is 17.5 Å². The summed E-state index contributed by atoms with van der Waals surface area (Å²) in [6.45, 7) is 12.9. The molecule has 4 atom stereocenters. The lowest BCUT2D eigenvalue weighted by Crippen LogP contribution is -2.58. The molecule has 0 aliphatic carbocycles. The van der Waals surface area contributed by atoms with Crippen LogP contribution in [0.4, 0.5) is 0 Å². The summed E-state index contributed by atoms with van der Waals surface area (Å²) in [6.07, 6.45) is 0.746. The minimum Gasteiger partial charge on any atom is -0.382 e. The van der Waals surface area contributed by atoms with Crippen LogP contribution in [-0.2, 0) is 35.1 Å². The molecule has 2 aliphatic heterocycles. The van der Waals surface area contributed by atoms with E-state index in [4.69, 9.17) is 18.7 Å². The predicted octanol–water partition coefficient (Wildman–Crippen LogP) is 0.671. The van der Waals surface area contributed by atoms with Crippen LogP contribution >= 0.6 is 0 Å². The number of ketones is 1. The van der Waals surface area contributed by atoms with Crippen LogP contribution in [0.15, 0.2) is 10.6 Å². The van der Waals surface area contributed by atoms with Gasteiger partial charge in [-0.1, -0.05) is 32.9 Å². The van der Waals surface area contributed by atoms with Crippen molar-refractivity contribution in [2.24, 2.45) is 11.8 Å². The summed E-state index contributed by atoms with van der Waals surface area (Å²) in [5.41, 5.74) is -0.838. The molecule has 0 spiro atoms. The molecule has 1 aromatic heterocycles. The molecule has 2 fully saturated rings. The van der Waals surface area contributed by atoms with E-state index >= 15 is 0 Å². The molecule has 3 heterocycles. The van der Waals surface area contributed by atoms with Gasteiger partial charge in [-0.3, -0.25) is 24.1 Å². The molecule has 1 aromatic rings. The van der Waals surface area contributed by atoms with Gasteiger partial charge >= 0.3 is 0 Å². The van der Waals surface area contributed by atoms with E-state index in [1.165, 1.54) is 7.11 Å². The Labute approximate surface area is 241 Å². The van der Waals surface area contributed by atoms with Gasteiger partial charge in [-0.25, -0.2) is 0 Å². The maximum absolute atomic E-state index is 13.4. The van der Waals surface area contributed by atoms with Crippen molar-refractivity contribution in [2.45, 2.75) is 77.7 Å². The number of nitrogens with one attached hydrogen (secondary N) is 3. The van der Waals surface area contributed by atoms with E-state index in [-0.39, 0.29) is 29.9 Å². The quantitative estimate of drug-likeness (QED) is 0.237. The summed E-state index contributed by atoms with van der Waals surface area (Å²) in [6, 6.07) is -1.23. The lowest BCUT2D eigenvalue weighted by molar-refractivity contribution is -0.134. The number of morpholine rings is 1. The number of carbonyl (C=O) groups is 4. The molecular weight excluding hydrogens is 534 g/mol. The zero-order valence-electron chi connectivity index (χ0n) is 25.0. The second-order valence-corrected chi connectivity index (χ2v) is 11.8. The SMILES string of the molecule is COC[C@H](NC(=O)C(CC(C)C)NC(=O)c1cc(CN2CCOCC2)on1)C(=O)NC(CC(C)C)C(=O)C1(C)CO1. The summed E-state index contributed by atoms with van der Waals surface area (Å²) in [4.78, 5) is 54.7. The number of amides is 3. The normalized spacial score (nSPS) is 21.3. The molecule has 0 radical (unpaired) electrons. The number of ether oxygens (including phenoxy) is 3. The molecule has 0 saturated carbocycles. The fourth-order valence-corrected chi connectivity index (χ4v) is 4.63. The first-order chi connectivity index (χ1) is 19.4. The first-order valence-corrected chi connectivity index (χ1v) is 14.3. The number of Topliss-reactive ketones (excluding diaryl/α,β-unsaturated/α-hetero) is 1. The highest BCUT2D eigenvalue weighted by Crippen LogP contribution is 2.29. The number of methoxy groups -OCH3 is 1. The molecule has 13 heteroatoms. The van der Waals surface area contributed by atoms with E-state index in [0.29, 0.717) is 45.0 Å². The zero-order valence-corrected chi connectivity index (χ0v) is 25.0. The summed E-state index contributed by atoms with van der Waals surface area (Å²) >= 11 is 0. The third-order valence-corrected chi connectivity index (χ3v) is 7.01. The first kappa shape index (κ1) is 32.6. The molecule has 230 valence electrons. The van der Waals surface area contributed by atoms with Crippen molar-refractivity contribution in [3.8, 4) is 0 Å². The second-order valence-electron chi connectivity index (χ2n) is 11.8. The van der Waals surface area contributed by atoms with Crippen molar-refractivity contribution >= 4 is 23.5 Å². The van der Waals surface area contributed by atoms with Gasteiger partial charge in [0.15, 0.2) is 17.2 Å². The Balaban J connectivity index is 1.65. The fraction of sp³-hybridized carbons (Fsp3) is 0.750. The Morgan fingerprint density at radius 2 is 1.56 bits per heavy atom. The van der Waals surface area contributed by atoms with E-state index in [0.717, 1.165) is 13.1 Å². The molecule has 2 saturated heterocycles. The van der Waals surface area contributed by atoms with E-state index in [1.54, 1.807) is 13.0 Å². The Kier molecular flexibility index (Phi) is 11.8. The Hall–Kier alpha value is -2.87. The average molecular weight is 580 g/mol. The Morgan fingerprint density at radius 1 is 0.976 bits per heavy atom. The maximum Gasteiger partial charge on any atom is 0.274 e. The van der Waals surface area contributed by atoms with Gasteiger partial charge in [0.1, 0.15) is 17.7 Å². The van der Waals surface area contributed by atoms with Crippen LogP contribution in [0.3, 0.4) is 0 Å². The van der Waals surface area contributed by atoms with Gasteiger partial charge in [0.2, 0.25) is 11.8 Å². The topological polar surface area (TPSA) is 165 Å². The predicted molar refractivity (Wildman–Crippen MR) is 148 cm³/mol. The third-order valence-electron chi connectivity index (χ3n) is 7.01.